The average Bonchev–Trinajstić information content (AvgIpc) is 3.29. The van der Waals surface area contributed by atoms with Gasteiger partial charge in [-0.15, -0.1) is 10.2 Å². The molecule has 34 heavy (non-hydrogen) atoms. The van der Waals surface area contributed by atoms with E-state index in [0.717, 1.165) is 11.3 Å². The molecular formula is C23H17ClN6O3S. The van der Waals surface area contributed by atoms with Crippen LogP contribution in [0.15, 0.2) is 89.1 Å². The molecule has 0 fully saturated rings. The number of amides is 1. The van der Waals surface area contributed by atoms with Crippen LogP contribution in [-0.2, 0) is 4.79 Å². The Balaban J connectivity index is 1.46. The number of carbonyl (C=O) groups is 1. The second kappa shape index (κ2) is 10.7. The zero-order valence-corrected chi connectivity index (χ0v) is 19.1. The fourth-order valence-corrected chi connectivity index (χ4v) is 3.97. The van der Waals surface area contributed by atoms with Crippen LogP contribution in [0.1, 0.15) is 5.56 Å². The number of thioether (sulfide) groups is 1. The van der Waals surface area contributed by atoms with E-state index in [1.807, 2.05) is 65.2 Å². The standard InChI is InChI=1S/C23H17ClN6O3S/c24-19-12-11-16(13-20(19)30(32)33)14-25-26-21(31)15-34-23-28-27-22(17-7-3-1-4-8-17)29(23)18-9-5-2-6-10-18/h1-14H,15H2,(H,26,31)/b25-14+. The third-order valence-corrected chi connectivity index (χ3v) is 5.83. The van der Waals surface area contributed by atoms with Crippen molar-refractivity contribution in [1.82, 2.24) is 20.2 Å². The molecule has 0 unspecified atom stereocenters. The van der Waals surface area contributed by atoms with Crippen molar-refractivity contribution in [2.45, 2.75) is 5.16 Å². The monoisotopic (exact) mass is 492 g/mol. The third kappa shape index (κ3) is 5.48. The number of rotatable bonds is 8. The van der Waals surface area contributed by atoms with Gasteiger partial charge in [-0.05, 0) is 18.2 Å². The Kier molecular flexibility index (Phi) is 7.31. The second-order valence-corrected chi connectivity index (χ2v) is 8.24. The number of nitro benzene ring substituents is 1. The van der Waals surface area contributed by atoms with Gasteiger partial charge in [0.1, 0.15) is 5.02 Å². The molecule has 4 aromatic rings. The molecule has 1 N–H and O–H groups in total. The van der Waals surface area contributed by atoms with Crippen molar-refractivity contribution in [3.8, 4) is 17.1 Å². The molecule has 0 spiro atoms. The molecule has 9 nitrogen and oxygen atoms in total. The van der Waals surface area contributed by atoms with Gasteiger partial charge >= 0.3 is 0 Å². The number of nitrogens with zero attached hydrogens (tertiary/aromatic N) is 5. The highest BCUT2D eigenvalue weighted by molar-refractivity contribution is 7.99. The summed E-state index contributed by atoms with van der Waals surface area (Å²) in [6.07, 6.45) is 1.31. The summed E-state index contributed by atoms with van der Waals surface area (Å²) in [5, 5.41) is 24.1. The van der Waals surface area contributed by atoms with Gasteiger partial charge in [-0.1, -0.05) is 78.0 Å². The van der Waals surface area contributed by atoms with Crippen LogP contribution in [0.3, 0.4) is 0 Å². The van der Waals surface area contributed by atoms with Gasteiger partial charge in [-0.3, -0.25) is 19.5 Å². The number of benzene rings is 3. The maximum absolute atomic E-state index is 12.3. The minimum atomic E-state index is -0.582. The molecule has 170 valence electrons. The molecule has 0 radical (unpaired) electrons. The molecule has 11 heteroatoms. The van der Waals surface area contributed by atoms with E-state index in [-0.39, 0.29) is 22.4 Å². The quantitative estimate of drug-likeness (QED) is 0.164. The highest BCUT2D eigenvalue weighted by Crippen LogP contribution is 2.28. The van der Waals surface area contributed by atoms with Crippen LogP contribution in [-0.4, -0.2) is 37.6 Å². The molecule has 4 rings (SSSR count). The summed E-state index contributed by atoms with van der Waals surface area (Å²) in [6.45, 7) is 0. The number of nitro groups is 1. The number of aromatic nitrogens is 3. The van der Waals surface area contributed by atoms with E-state index in [1.165, 1.54) is 30.1 Å². The molecule has 1 aromatic heterocycles. The van der Waals surface area contributed by atoms with Crippen LogP contribution in [0, 0.1) is 10.1 Å². The Bertz CT molecular complexity index is 1350. The lowest BCUT2D eigenvalue weighted by atomic mass is 10.2. The van der Waals surface area contributed by atoms with E-state index >= 15 is 0 Å². The molecule has 0 saturated carbocycles. The summed E-state index contributed by atoms with van der Waals surface area (Å²) in [4.78, 5) is 22.7. The summed E-state index contributed by atoms with van der Waals surface area (Å²) in [5.74, 6) is 0.336. The number of nitrogens with one attached hydrogen (secondary N) is 1. The molecule has 0 saturated heterocycles. The summed E-state index contributed by atoms with van der Waals surface area (Å²) >= 11 is 7.02. The van der Waals surface area contributed by atoms with Crippen molar-refractivity contribution in [1.29, 1.82) is 0 Å². The molecule has 0 aliphatic carbocycles. The van der Waals surface area contributed by atoms with Crippen LogP contribution in [0.25, 0.3) is 17.1 Å². The molecule has 1 amide bonds. The second-order valence-electron chi connectivity index (χ2n) is 6.89. The fourth-order valence-electron chi connectivity index (χ4n) is 3.04. The largest absolute Gasteiger partial charge is 0.288 e. The van der Waals surface area contributed by atoms with Gasteiger partial charge in [-0.25, -0.2) is 5.43 Å². The lowest BCUT2D eigenvalue weighted by Crippen LogP contribution is -2.20. The van der Waals surface area contributed by atoms with E-state index in [9.17, 15) is 14.9 Å². The van der Waals surface area contributed by atoms with Crippen LogP contribution in [0.5, 0.6) is 0 Å². The number of para-hydroxylation sites is 1. The maximum atomic E-state index is 12.3. The predicted octanol–water partition coefficient (Wildman–Crippen LogP) is 4.74. The first-order valence-electron chi connectivity index (χ1n) is 9.98. The summed E-state index contributed by atoms with van der Waals surface area (Å²) < 4.78 is 1.89. The van der Waals surface area contributed by atoms with Crippen molar-refractivity contribution >= 4 is 41.2 Å². The van der Waals surface area contributed by atoms with E-state index in [4.69, 9.17) is 11.6 Å². The highest BCUT2D eigenvalue weighted by atomic mass is 35.5. The number of carbonyl (C=O) groups excluding carboxylic acids is 1. The summed E-state index contributed by atoms with van der Waals surface area (Å²) in [6, 6.07) is 23.5. The van der Waals surface area contributed by atoms with Gasteiger partial charge in [0.25, 0.3) is 11.6 Å². The lowest BCUT2D eigenvalue weighted by Gasteiger charge is -2.10. The van der Waals surface area contributed by atoms with Gasteiger partial charge in [-0.2, -0.15) is 5.10 Å². The van der Waals surface area contributed by atoms with Crippen LogP contribution in [0.4, 0.5) is 5.69 Å². The number of hydrazone groups is 1. The molecule has 0 atom stereocenters. The van der Waals surface area contributed by atoms with Crippen molar-refractivity contribution < 1.29 is 9.72 Å². The van der Waals surface area contributed by atoms with Crippen molar-refractivity contribution in [2.24, 2.45) is 5.10 Å². The summed E-state index contributed by atoms with van der Waals surface area (Å²) in [7, 11) is 0. The smallest absolute Gasteiger partial charge is 0.272 e. The Morgan fingerprint density at radius 2 is 1.79 bits per heavy atom. The molecule has 0 aliphatic rings. The van der Waals surface area contributed by atoms with Gasteiger partial charge in [0.05, 0.1) is 16.9 Å². The van der Waals surface area contributed by atoms with E-state index < -0.39 is 4.92 Å². The molecule has 0 bridgehead atoms. The highest BCUT2D eigenvalue weighted by Gasteiger charge is 2.17. The number of hydrogen-bond donors (Lipinski definition) is 1. The van der Waals surface area contributed by atoms with Crippen molar-refractivity contribution in [2.75, 3.05) is 5.75 Å². The number of hydrogen-bond acceptors (Lipinski definition) is 7. The molecule has 0 aliphatic heterocycles. The van der Waals surface area contributed by atoms with Crippen LogP contribution >= 0.6 is 23.4 Å². The normalized spacial score (nSPS) is 11.0. The van der Waals surface area contributed by atoms with Crippen molar-refractivity contribution in [3.63, 3.8) is 0 Å². The minimum Gasteiger partial charge on any atom is -0.272 e. The topological polar surface area (TPSA) is 115 Å². The SMILES string of the molecule is O=C(CSc1nnc(-c2ccccc2)n1-c1ccccc1)N/N=C/c1ccc(Cl)c([N+](=O)[O-])c1. The van der Waals surface area contributed by atoms with Crippen LogP contribution in [0.2, 0.25) is 5.02 Å². The Labute approximate surface area is 203 Å². The van der Waals surface area contributed by atoms with Crippen LogP contribution < -0.4 is 5.43 Å². The van der Waals surface area contributed by atoms with E-state index in [2.05, 4.69) is 20.7 Å². The first-order chi connectivity index (χ1) is 16.5. The first-order valence-corrected chi connectivity index (χ1v) is 11.3. The van der Waals surface area contributed by atoms with Gasteiger partial charge in [0, 0.05) is 22.9 Å². The van der Waals surface area contributed by atoms with E-state index in [0.29, 0.717) is 16.5 Å². The van der Waals surface area contributed by atoms with Gasteiger partial charge < -0.3 is 0 Å². The lowest BCUT2D eigenvalue weighted by molar-refractivity contribution is -0.384. The Morgan fingerprint density at radius 1 is 1.09 bits per heavy atom. The van der Waals surface area contributed by atoms with Gasteiger partial charge in [0.2, 0.25) is 0 Å². The van der Waals surface area contributed by atoms with E-state index in [1.54, 1.807) is 6.07 Å². The minimum absolute atomic E-state index is 0.0278. The fraction of sp³-hybridized carbons (Fsp3) is 0.0435. The zero-order valence-electron chi connectivity index (χ0n) is 17.5. The Hall–Kier alpha value is -4.02. The predicted molar refractivity (Wildman–Crippen MR) is 131 cm³/mol. The first kappa shape index (κ1) is 23.1. The summed E-state index contributed by atoms with van der Waals surface area (Å²) in [5.41, 5.74) is 4.38. The van der Waals surface area contributed by atoms with Crippen molar-refractivity contribution in [3.05, 3.63) is 99.6 Å². The molecular weight excluding hydrogens is 476 g/mol. The third-order valence-electron chi connectivity index (χ3n) is 4.58. The van der Waals surface area contributed by atoms with Gasteiger partial charge in [0.15, 0.2) is 11.0 Å². The Morgan fingerprint density at radius 3 is 2.50 bits per heavy atom. The average molecular weight is 493 g/mol. The maximum Gasteiger partial charge on any atom is 0.288 e. The number of halogens is 1. The molecule has 1 heterocycles. The molecule has 3 aromatic carbocycles. The zero-order chi connectivity index (χ0) is 23.9.